The summed E-state index contributed by atoms with van der Waals surface area (Å²) in [6, 6.07) is 8.27. The number of carbonyl (C=O) groups excluding carboxylic acids is 3. The molecule has 28 heavy (non-hydrogen) atoms. The highest BCUT2D eigenvalue weighted by Crippen LogP contribution is 2.26. The van der Waals surface area contributed by atoms with Crippen molar-refractivity contribution in [1.29, 1.82) is 0 Å². The van der Waals surface area contributed by atoms with Gasteiger partial charge in [-0.2, -0.15) is 0 Å². The predicted molar refractivity (Wildman–Crippen MR) is 98.1 cm³/mol. The second kappa shape index (κ2) is 8.53. The smallest absolute Gasteiger partial charge is 0.255 e. The Hall–Kier alpha value is -3.39. The Morgan fingerprint density at radius 2 is 1.79 bits per heavy atom. The topological polar surface area (TPSA) is 113 Å². The van der Waals surface area contributed by atoms with Crippen LogP contribution in [0, 0.1) is 0 Å². The molecule has 2 aromatic carbocycles. The van der Waals surface area contributed by atoms with E-state index < -0.39 is 11.9 Å². The van der Waals surface area contributed by atoms with Gasteiger partial charge in [-0.25, -0.2) is 0 Å². The Morgan fingerprint density at radius 1 is 1.11 bits per heavy atom. The van der Waals surface area contributed by atoms with E-state index in [9.17, 15) is 24.6 Å². The molecule has 0 unspecified atom stereocenters. The van der Waals surface area contributed by atoms with Gasteiger partial charge in [0.25, 0.3) is 5.91 Å². The maximum atomic E-state index is 13.0. The first kappa shape index (κ1) is 19.4. The number of carbonyl (C=O) groups is 3. The number of hydrogen-bond acceptors (Lipinski definition) is 7. The average molecular weight is 385 g/mol. The first-order valence-electron chi connectivity index (χ1n) is 8.62. The van der Waals surface area contributed by atoms with E-state index in [2.05, 4.69) is 0 Å². The minimum Gasteiger partial charge on any atom is -0.507 e. The Morgan fingerprint density at radius 3 is 2.50 bits per heavy atom. The molecule has 1 aliphatic heterocycles. The van der Waals surface area contributed by atoms with E-state index in [1.807, 2.05) is 0 Å². The molecule has 0 aliphatic carbocycles. The molecule has 2 N–H and O–H groups in total. The number of morpholine rings is 1. The van der Waals surface area contributed by atoms with E-state index in [-0.39, 0.29) is 53.7 Å². The molecule has 1 saturated heterocycles. The van der Waals surface area contributed by atoms with Crippen molar-refractivity contribution in [3.8, 4) is 17.2 Å². The molecular formula is C20H19NO7. The molecule has 8 heteroatoms. The third-order valence-electron chi connectivity index (χ3n) is 4.51. The number of amides is 1. The molecule has 0 bridgehead atoms. The number of nitrogens with zero attached hydrogens (tertiary/aromatic N) is 1. The molecule has 3 rings (SSSR count). The maximum Gasteiger partial charge on any atom is 0.255 e. The number of hydrogen-bond donors (Lipinski definition) is 2. The van der Waals surface area contributed by atoms with Gasteiger partial charge >= 0.3 is 0 Å². The number of aromatic hydroxyl groups is 2. The summed E-state index contributed by atoms with van der Waals surface area (Å²) in [7, 11) is 0. The fourth-order valence-corrected chi connectivity index (χ4v) is 3.04. The Bertz CT molecular complexity index is 896. The molecule has 146 valence electrons. The van der Waals surface area contributed by atoms with Gasteiger partial charge in [0.2, 0.25) is 0 Å². The molecular weight excluding hydrogens is 366 g/mol. The lowest BCUT2D eigenvalue weighted by molar-refractivity contribution is -0.0151. The van der Waals surface area contributed by atoms with Crippen LogP contribution in [0.3, 0.4) is 0 Å². The number of ether oxygens (including phenoxy) is 2. The maximum absolute atomic E-state index is 13.0. The lowest BCUT2D eigenvalue weighted by atomic mass is 10.0. The minimum atomic E-state index is -0.482. The summed E-state index contributed by atoms with van der Waals surface area (Å²) < 4.78 is 11.1. The van der Waals surface area contributed by atoms with Crippen molar-refractivity contribution < 1.29 is 34.1 Å². The van der Waals surface area contributed by atoms with Crippen LogP contribution in [-0.4, -0.2) is 66.0 Å². The second-order valence-electron chi connectivity index (χ2n) is 6.20. The van der Waals surface area contributed by atoms with Crippen LogP contribution in [0.4, 0.5) is 0 Å². The fraction of sp³-hybridized carbons (Fsp3) is 0.250. The first-order valence-corrected chi connectivity index (χ1v) is 8.62. The summed E-state index contributed by atoms with van der Waals surface area (Å²) in [4.78, 5) is 37.0. The van der Waals surface area contributed by atoms with Crippen LogP contribution >= 0.6 is 0 Å². The average Bonchev–Trinajstić information content (AvgIpc) is 2.71. The number of aldehydes is 2. The third kappa shape index (κ3) is 3.81. The van der Waals surface area contributed by atoms with E-state index in [0.717, 1.165) is 0 Å². The molecule has 0 spiro atoms. The lowest BCUT2D eigenvalue weighted by Crippen LogP contribution is -2.51. The summed E-state index contributed by atoms with van der Waals surface area (Å²) in [5.41, 5.74) is 0.0380. The Labute approximate surface area is 160 Å². The highest BCUT2D eigenvalue weighted by molar-refractivity contribution is 6.03. The van der Waals surface area contributed by atoms with E-state index >= 15 is 0 Å². The number of rotatable bonds is 6. The van der Waals surface area contributed by atoms with E-state index in [1.165, 1.54) is 29.2 Å². The van der Waals surface area contributed by atoms with E-state index in [0.29, 0.717) is 19.2 Å². The predicted octanol–water partition coefficient (Wildman–Crippen LogP) is 1.64. The third-order valence-corrected chi connectivity index (χ3v) is 4.51. The number of benzene rings is 2. The first-order chi connectivity index (χ1) is 13.6. The van der Waals surface area contributed by atoms with Gasteiger partial charge < -0.3 is 24.6 Å². The zero-order chi connectivity index (χ0) is 20.1. The van der Waals surface area contributed by atoms with Gasteiger partial charge in [0.15, 0.2) is 12.6 Å². The van der Waals surface area contributed by atoms with Gasteiger partial charge in [-0.15, -0.1) is 0 Å². The summed E-state index contributed by atoms with van der Waals surface area (Å²) in [6.45, 7) is 0.825. The second-order valence-corrected chi connectivity index (χ2v) is 6.20. The van der Waals surface area contributed by atoms with Crippen molar-refractivity contribution in [1.82, 2.24) is 4.90 Å². The van der Waals surface area contributed by atoms with Crippen LogP contribution in [-0.2, 0) is 4.74 Å². The molecule has 1 atom stereocenters. The molecule has 2 aromatic rings. The summed E-state index contributed by atoms with van der Waals surface area (Å²) in [6.07, 6.45) is 0.936. The van der Waals surface area contributed by atoms with Crippen molar-refractivity contribution in [2.45, 2.75) is 6.04 Å². The number of phenolic OH excluding ortho intramolecular Hbond substituents is 2. The minimum absolute atomic E-state index is 0.0191. The summed E-state index contributed by atoms with van der Waals surface area (Å²) in [5, 5.41) is 19.6. The standard InChI is InChI=1S/C20H19NO7/c22-9-15-14(3-1-4-17(15)24)20(26)21-7-8-27-11-13(21)12-28-19-6-2-5-18(25)16(19)10-23/h1-6,9-10,13,24-25H,7-8,11-12H2/t13-/m0/s1. The highest BCUT2D eigenvalue weighted by Gasteiger charge is 2.30. The van der Waals surface area contributed by atoms with Crippen LogP contribution in [0.2, 0.25) is 0 Å². The molecule has 0 saturated carbocycles. The van der Waals surface area contributed by atoms with Crippen molar-refractivity contribution >= 4 is 18.5 Å². The van der Waals surface area contributed by atoms with Gasteiger partial charge in [-0.1, -0.05) is 12.1 Å². The molecule has 1 fully saturated rings. The van der Waals surface area contributed by atoms with Gasteiger partial charge in [-0.05, 0) is 24.3 Å². The van der Waals surface area contributed by atoms with Crippen molar-refractivity contribution in [2.75, 3.05) is 26.4 Å². The quantitative estimate of drug-likeness (QED) is 0.727. The molecule has 8 nitrogen and oxygen atoms in total. The molecule has 1 aliphatic rings. The van der Waals surface area contributed by atoms with Gasteiger partial charge in [-0.3, -0.25) is 14.4 Å². The Balaban J connectivity index is 1.81. The van der Waals surface area contributed by atoms with Gasteiger partial charge in [0.1, 0.15) is 23.9 Å². The van der Waals surface area contributed by atoms with Crippen LogP contribution in [0.5, 0.6) is 17.2 Å². The van der Waals surface area contributed by atoms with Crippen LogP contribution in [0.25, 0.3) is 0 Å². The monoisotopic (exact) mass is 385 g/mol. The zero-order valence-corrected chi connectivity index (χ0v) is 14.9. The molecule has 1 heterocycles. The van der Waals surface area contributed by atoms with Crippen molar-refractivity contribution in [3.05, 3.63) is 53.1 Å². The van der Waals surface area contributed by atoms with Crippen LogP contribution in [0.1, 0.15) is 31.1 Å². The summed E-state index contributed by atoms with van der Waals surface area (Å²) in [5.74, 6) is -0.701. The van der Waals surface area contributed by atoms with Crippen LogP contribution < -0.4 is 4.74 Å². The molecule has 1 amide bonds. The Kier molecular flexibility index (Phi) is 5.90. The van der Waals surface area contributed by atoms with Crippen molar-refractivity contribution in [3.63, 3.8) is 0 Å². The number of phenols is 2. The lowest BCUT2D eigenvalue weighted by Gasteiger charge is -2.35. The molecule has 0 radical (unpaired) electrons. The van der Waals surface area contributed by atoms with Gasteiger partial charge in [0.05, 0.1) is 35.9 Å². The largest absolute Gasteiger partial charge is 0.507 e. The van der Waals surface area contributed by atoms with Crippen molar-refractivity contribution in [2.24, 2.45) is 0 Å². The fourth-order valence-electron chi connectivity index (χ4n) is 3.04. The molecule has 0 aromatic heterocycles. The highest BCUT2D eigenvalue weighted by atomic mass is 16.5. The summed E-state index contributed by atoms with van der Waals surface area (Å²) >= 11 is 0. The van der Waals surface area contributed by atoms with Crippen LogP contribution in [0.15, 0.2) is 36.4 Å². The van der Waals surface area contributed by atoms with E-state index in [4.69, 9.17) is 9.47 Å². The zero-order valence-electron chi connectivity index (χ0n) is 14.9. The SMILES string of the molecule is O=Cc1c(O)cccc1OC[C@@H]1COCCN1C(=O)c1cccc(O)c1C=O. The van der Waals surface area contributed by atoms with Gasteiger partial charge in [0, 0.05) is 6.54 Å². The van der Waals surface area contributed by atoms with E-state index in [1.54, 1.807) is 12.1 Å². The normalized spacial score (nSPS) is 16.4.